The number of thioether (sulfide) groups is 1. The van der Waals surface area contributed by atoms with Gasteiger partial charge in [0.2, 0.25) is 0 Å². The Balaban J connectivity index is 1.78. The Kier molecular flexibility index (Phi) is 6.45. The van der Waals surface area contributed by atoms with Crippen LogP contribution in [0.1, 0.15) is 43.5 Å². The van der Waals surface area contributed by atoms with Crippen molar-refractivity contribution >= 4 is 11.8 Å². The number of hydrogen-bond donors (Lipinski definition) is 1. The predicted octanol–water partition coefficient (Wildman–Crippen LogP) is 4.08. The third-order valence-corrected chi connectivity index (χ3v) is 5.62. The van der Waals surface area contributed by atoms with Gasteiger partial charge in [-0.15, -0.1) is 11.8 Å². The fourth-order valence-electron chi connectivity index (χ4n) is 3.32. The van der Waals surface area contributed by atoms with Crippen molar-refractivity contribution in [2.24, 2.45) is 0 Å². The van der Waals surface area contributed by atoms with Crippen LogP contribution in [0.2, 0.25) is 0 Å². The fourth-order valence-corrected chi connectivity index (χ4v) is 4.48. The summed E-state index contributed by atoms with van der Waals surface area (Å²) in [6, 6.07) is 10.0. The third-order valence-electron chi connectivity index (χ3n) is 4.65. The first-order chi connectivity index (χ1) is 12.1. The molecule has 1 aromatic heterocycles. The summed E-state index contributed by atoms with van der Waals surface area (Å²) in [5.41, 5.74) is 2.74. The van der Waals surface area contributed by atoms with E-state index in [0.29, 0.717) is 0 Å². The monoisotopic (exact) mass is 357 g/mol. The maximum atomic E-state index is 10.2. The Morgan fingerprint density at radius 1 is 1.12 bits per heavy atom. The lowest BCUT2D eigenvalue weighted by Gasteiger charge is -2.26. The first-order valence-electron chi connectivity index (χ1n) is 9.12. The Labute approximate surface area is 154 Å². The summed E-state index contributed by atoms with van der Waals surface area (Å²) in [6.45, 7) is 7.25. The van der Waals surface area contributed by atoms with E-state index in [1.165, 1.54) is 32.4 Å². The van der Waals surface area contributed by atoms with E-state index >= 15 is 0 Å². The van der Waals surface area contributed by atoms with Crippen molar-refractivity contribution in [2.45, 2.75) is 44.2 Å². The van der Waals surface area contributed by atoms with Crippen molar-refractivity contribution in [3.8, 4) is 11.4 Å². The second-order valence-corrected chi connectivity index (χ2v) is 7.73. The first-order valence-corrected chi connectivity index (χ1v) is 10.1. The predicted molar refractivity (Wildman–Crippen MR) is 104 cm³/mol. The Hall–Kier alpha value is -1.43. The van der Waals surface area contributed by atoms with Gasteiger partial charge in [0.1, 0.15) is 5.03 Å². The molecule has 1 aliphatic rings. The highest BCUT2D eigenvalue weighted by molar-refractivity contribution is 7.99. The van der Waals surface area contributed by atoms with E-state index < -0.39 is 6.10 Å². The molecular weight excluding hydrogens is 330 g/mol. The smallest absolute Gasteiger partial charge is 0.160 e. The summed E-state index contributed by atoms with van der Waals surface area (Å²) in [7, 11) is 0. The van der Waals surface area contributed by atoms with Crippen molar-refractivity contribution in [3.05, 3.63) is 41.6 Å². The molecule has 1 aliphatic heterocycles. The van der Waals surface area contributed by atoms with Crippen molar-refractivity contribution in [1.82, 2.24) is 14.9 Å². The number of aliphatic hydroxyl groups excluding tert-OH is 1. The second-order valence-electron chi connectivity index (χ2n) is 6.64. The molecule has 2 aromatic rings. The zero-order chi connectivity index (χ0) is 17.6. The Bertz CT molecular complexity index is 685. The van der Waals surface area contributed by atoms with Crippen LogP contribution >= 0.6 is 11.8 Å². The van der Waals surface area contributed by atoms with Gasteiger partial charge >= 0.3 is 0 Å². The minimum Gasteiger partial charge on any atom is -0.389 e. The van der Waals surface area contributed by atoms with E-state index in [1.54, 1.807) is 18.7 Å². The lowest BCUT2D eigenvalue weighted by atomic mass is 10.1. The lowest BCUT2D eigenvalue weighted by molar-refractivity contribution is 0.194. The maximum Gasteiger partial charge on any atom is 0.160 e. The summed E-state index contributed by atoms with van der Waals surface area (Å²) >= 11 is 1.74. The molecule has 1 N–H and O–H groups in total. The maximum absolute atomic E-state index is 10.2. The van der Waals surface area contributed by atoms with Crippen LogP contribution in [0.25, 0.3) is 11.4 Å². The first kappa shape index (κ1) is 18.4. The van der Waals surface area contributed by atoms with Crippen LogP contribution in [0, 0.1) is 6.92 Å². The van der Waals surface area contributed by atoms with Gasteiger partial charge in [-0.2, -0.15) is 0 Å². The van der Waals surface area contributed by atoms with Gasteiger partial charge in [-0.3, -0.25) is 0 Å². The average molecular weight is 358 g/mol. The fraction of sp³-hybridized carbons (Fsp3) is 0.500. The summed E-state index contributed by atoms with van der Waals surface area (Å²) in [5, 5.41) is 11.1. The number of hydrogen-bond acceptors (Lipinski definition) is 5. The van der Waals surface area contributed by atoms with E-state index in [1.807, 2.05) is 37.3 Å². The summed E-state index contributed by atoms with van der Waals surface area (Å²) in [5.74, 6) is 1.73. The minimum atomic E-state index is -0.553. The lowest BCUT2D eigenvalue weighted by Crippen LogP contribution is -2.31. The summed E-state index contributed by atoms with van der Waals surface area (Å²) in [6.07, 6.45) is 3.44. The molecule has 0 saturated carbocycles. The van der Waals surface area contributed by atoms with Crippen molar-refractivity contribution in [2.75, 3.05) is 25.4 Å². The SMILES string of the molecule is Cc1nc(-c2ccccc2)nc(SCCN2CCCCC2)c1[C@H](C)O. The Morgan fingerprint density at radius 3 is 2.52 bits per heavy atom. The largest absolute Gasteiger partial charge is 0.389 e. The number of likely N-dealkylation sites (tertiary alicyclic amines) is 1. The number of rotatable bonds is 6. The normalized spacial score (nSPS) is 16.8. The highest BCUT2D eigenvalue weighted by Gasteiger charge is 2.18. The molecular formula is C20H27N3OS. The van der Waals surface area contributed by atoms with Gasteiger partial charge in [-0.05, 0) is 39.8 Å². The molecule has 5 heteroatoms. The molecule has 0 spiro atoms. The summed E-state index contributed by atoms with van der Waals surface area (Å²) < 4.78 is 0. The quantitative estimate of drug-likeness (QED) is 0.623. The van der Waals surface area contributed by atoms with Crippen LogP contribution in [-0.2, 0) is 0 Å². The highest BCUT2D eigenvalue weighted by atomic mass is 32.2. The van der Waals surface area contributed by atoms with E-state index in [-0.39, 0.29) is 0 Å². The zero-order valence-electron chi connectivity index (χ0n) is 15.1. The number of aromatic nitrogens is 2. The van der Waals surface area contributed by atoms with E-state index in [0.717, 1.165) is 40.0 Å². The molecule has 0 radical (unpaired) electrons. The average Bonchev–Trinajstić information content (AvgIpc) is 2.62. The van der Waals surface area contributed by atoms with Gasteiger partial charge in [-0.1, -0.05) is 36.8 Å². The van der Waals surface area contributed by atoms with Crippen LogP contribution in [0.15, 0.2) is 35.4 Å². The van der Waals surface area contributed by atoms with Crippen LogP contribution in [0.5, 0.6) is 0 Å². The van der Waals surface area contributed by atoms with E-state index in [4.69, 9.17) is 4.98 Å². The molecule has 0 aliphatic carbocycles. The van der Waals surface area contributed by atoms with Crippen molar-refractivity contribution in [3.63, 3.8) is 0 Å². The molecule has 1 saturated heterocycles. The van der Waals surface area contributed by atoms with Crippen LogP contribution in [-0.4, -0.2) is 45.4 Å². The molecule has 0 amide bonds. The van der Waals surface area contributed by atoms with Gasteiger partial charge < -0.3 is 10.0 Å². The molecule has 1 atom stereocenters. The van der Waals surface area contributed by atoms with Crippen molar-refractivity contribution < 1.29 is 5.11 Å². The van der Waals surface area contributed by atoms with Crippen LogP contribution in [0.3, 0.4) is 0 Å². The standard InChI is InChI=1S/C20H27N3OS/c1-15-18(16(2)24)20(25-14-13-23-11-7-4-8-12-23)22-19(21-15)17-9-5-3-6-10-17/h3,5-6,9-10,16,24H,4,7-8,11-14H2,1-2H3/t16-/m0/s1. The van der Waals surface area contributed by atoms with E-state index in [2.05, 4.69) is 9.88 Å². The number of aryl methyl sites for hydroxylation is 1. The second kappa shape index (κ2) is 8.79. The van der Waals surface area contributed by atoms with Crippen molar-refractivity contribution in [1.29, 1.82) is 0 Å². The zero-order valence-corrected chi connectivity index (χ0v) is 15.9. The molecule has 3 rings (SSSR count). The molecule has 0 bridgehead atoms. The summed E-state index contributed by atoms with van der Waals surface area (Å²) in [4.78, 5) is 11.9. The van der Waals surface area contributed by atoms with Gasteiger partial charge in [0.15, 0.2) is 5.82 Å². The number of piperidine rings is 1. The molecule has 2 heterocycles. The third kappa shape index (κ3) is 4.81. The van der Waals surface area contributed by atoms with Gasteiger partial charge in [-0.25, -0.2) is 9.97 Å². The molecule has 25 heavy (non-hydrogen) atoms. The number of benzene rings is 1. The topological polar surface area (TPSA) is 49.2 Å². The van der Waals surface area contributed by atoms with Gasteiger partial charge in [0.25, 0.3) is 0 Å². The molecule has 1 fully saturated rings. The molecule has 134 valence electrons. The van der Waals surface area contributed by atoms with Crippen LogP contribution in [0.4, 0.5) is 0 Å². The molecule has 4 nitrogen and oxygen atoms in total. The number of nitrogens with zero attached hydrogens (tertiary/aromatic N) is 3. The van der Waals surface area contributed by atoms with Gasteiger partial charge in [0, 0.05) is 29.1 Å². The van der Waals surface area contributed by atoms with Gasteiger partial charge in [0.05, 0.1) is 6.10 Å². The molecule has 0 unspecified atom stereocenters. The highest BCUT2D eigenvalue weighted by Crippen LogP contribution is 2.30. The van der Waals surface area contributed by atoms with Crippen LogP contribution < -0.4 is 0 Å². The minimum absolute atomic E-state index is 0.553. The Morgan fingerprint density at radius 2 is 1.84 bits per heavy atom. The van der Waals surface area contributed by atoms with E-state index in [9.17, 15) is 5.11 Å². The molecule has 1 aromatic carbocycles. The number of aliphatic hydroxyl groups is 1.